The van der Waals surface area contributed by atoms with Gasteiger partial charge in [0.25, 0.3) is 0 Å². The van der Waals surface area contributed by atoms with Gasteiger partial charge in [0.15, 0.2) is 12.4 Å². The maximum atomic E-state index is 8.96. The minimum Gasteiger partial charge on any atom is -0.269 e. The molecule has 0 saturated carbocycles. The number of nitriles is 1. The lowest BCUT2D eigenvalue weighted by Gasteiger charge is -2.38. The highest BCUT2D eigenvalue weighted by Crippen LogP contribution is 2.50. The van der Waals surface area contributed by atoms with E-state index in [0.29, 0.717) is 6.54 Å². The normalized spacial score (nSPS) is 20.9. The van der Waals surface area contributed by atoms with Gasteiger partial charge in [0, 0.05) is 6.54 Å². The second kappa shape index (κ2) is 5.46. The van der Waals surface area contributed by atoms with Crippen LogP contribution in [0.1, 0.15) is 13.3 Å². The predicted octanol–water partition coefficient (Wildman–Crippen LogP) is 3.31. The van der Waals surface area contributed by atoms with Crippen molar-refractivity contribution in [2.75, 3.05) is 6.54 Å². The van der Waals surface area contributed by atoms with Crippen LogP contribution in [0.3, 0.4) is 0 Å². The Balaban J connectivity index is 3.03. The first kappa shape index (κ1) is 15.3. The van der Waals surface area contributed by atoms with E-state index in [1.54, 1.807) is 0 Å². The van der Waals surface area contributed by atoms with Gasteiger partial charge in [0.05, 0.1) is 0 Å². The highest BCUT2D eigenvalue weighted by molar-refractivity contribution is 6.75. The van der Waals surface area contributed by atoms with Crippen LogP contribution in [0.4, 0.5) is 0 Å². The van der Waals surface area contributed by atoms with Crippen molar-refractivity contribution < 1.29 is 0 Å². The maximum absolute atomic E-state index is 8.96. The van der Waals surface area contributed by atoms with E-state index < -0.39 is 14.3 Å². The fraction of sp³-hybridized carbons (Fsp3) is 0.750. The van der Waals surface area contributed by atoms with Gasteiger partial charge in [-0.05, 0) is 6.42 Å². The van der Waals surface area contributed by atoms with E-state index >= 15 is 0 Å². The Morgan fingerprint density at radius 1 is 1.35 bits per heavy atom. The molecule has 0 aliphatic carbocycles. The van der Waals surface area contributed by atoms with Crippen LogP contribution in [0.25, 0.3) is 0 Å². The minimum absolute atomic E-state index is 0.543. The van der Waals surface area contributed by atoms with Gasteiger partial charge in [-0.2, -0.15) is 10.4 Å². The lowest BCUT2D eigenvalue weighted by molar-refractivity contribution is 0.145. The highest BCUT2D eigenvalue weighted by atomic mass is 35.6. The first-order valence-electron chi connectivity index (χ1n) is 4.69. The van der Waals surface area contributed by atoms with Crippen molar-refractivity contribution in [3.8, 4) is 6.19 Å². The molecule has 0 fully saturated rings. The second-order valence-electron chi connectivity index (χ2n) is 3.40. The summed E-state index contributed by atoms with van der Waals surface area (Å²) < 4.78 is -3.74. The van der Waals surface area contributed by atoms with Gasteiger partial charge in [0.1, 0.15) is 6.34 Å². The second-order valence-corrected chi connectivity index (χ2v) is 7.06. The molecule has 0 aromatic heterocycles. The molecule has 0 amide bonds. The molecule has 0 aromatic rings. The molecular weight excluding hydrogens is 329 g/mol. The number of alkyl halides is 5. The first-order valence-corrected chi connectivity index (χ1v) is 6.58. The van der Waals surface area contributed by atoms with Crippen molar-refractivity contribution in [1.82, 2.24) is 9.91 Å². The van der Waals surface area contributed by atoms with E-state index in [1.165, 1.54) is 11.3 Å². The van der Waals surface area contributed by atoms with E-state index in [0.717, 1.165) is 11.3 Å². The Kier molecular flexibility index (Phi) is 4.90. The number of hydrogen-bond donors (Lipinski definition) is 0. The van der Waals surface area contributed by atoms with E-state index in [2.05, 4.69) is 5.10 Å². The first-order chi connectivity index (χ1) is 7.75. The van der Waals surface area contributed by atoms with E-state index in [-0.39, 0.29) is 0 Å². The van der Waals surface area contributed by atoms with Gasteiger partial charge < -0.3 is 0 Å². The summed E-state index contributed by atoms with van der Waals surface area (Å²) in [7, 11) is 0. The molecule has 1 aliphatic heterocycles. The number of hydrazone groups is 1. The fourth-order valence-corrected chi connectivity index (χ4v) is 2.12. The molecule has 0 saturated heterocycles. The van der Waals surface area contributed by atoms with Crippen LogP contribution in [-0.2, 0) is 0 Å². The molecule has 1 atom stereocenters. The predicted molar refractivity (Wildman–Crippen MR) is 71.5 cm³/mol. The van der Waals surface area contributed by atoms with Crippen molar-refractivity contribution in [3.05, 3.63) is 0 Å². The molecule has 4 nitrogen and oxygen atoms in total. The van der Waals surface area contributed by atoms with Gasteiger partial charge in [-0.3, -0.25) is 5.01 Å². The van der Waals surface area contributed by atoms with E-state index in [4.69, 9.17) is 63.3 Å². The molecule has 96 valence electrons. The molecule has 9 heteroatoms. The molecule has 0 N–H and O–H groups in total. The van der Waals surface area contributed by atoms with Gasteiger partial charge >= 0.3 is 0 Å². The Morgan fingerprint density at radius 2 is 1.94 bits per heavy atom. The maximum Gasteiger partial charge on any atom is 0.227 e. The summed E-state index contributed by atoms with van der Waals surface area (Å²) in [6, 6.07) is 0. The van der Waals surface area contributed by atoms with Gasteiger partial charge in [-0.1, -0.05) is 64.9 Å². The lowest BCUT2D eigenvalue weighted by Crippen LogP contribution is -2.55. The summed E-state index contributed by atoms with van der Waals surface area (Å²) in [5, 5.41) is 14.5. The Hall–Kier alpha value is 0.210. The lowest BCUT2D eigenvalue weighted by atomic mass is 10.3. The van der Waals surface area contributed by atoms with Crippen LogP contribution in [0.5, 0.6) is 0 Å². The zero-order valence-electron chi connectivity index (χ0n) is 8.75. The molecule has 0 bridgehead atoms. The zero-order valence-corrected chi connectivity index (χ0v) is 12.5. The molecule has 1 heterocycles. The molecule has 1 aliphatic rings. The summed E-state index contributed by atoms with van der Waals surface area (Å²) in [4.78, 5) is 1.15. The van der Waals surface area contributed by atoms with Crippen LogP contribution in [0.2, 0.25) is 0 Å². The van der Waals surface area contributed by atoms with Crippen LogP contribution in [0.15, 0.2) is 5.10 Å². The highest BCUT2D eigenvalue weighted by Gasteiger charge is 2.57. The van der Waals surface area contributed by atoms with Gasteiger partial charge in [0.2, 0.25) is 8.13 Å². The fourth-order valence-electron chi connectivity index (χ4n) is 1.39. The molecule has 1 unspecified atom stereocenters. The van der Waals surface area contributed by atoms with Crippen molar-refractivity contribution in [2.45, 2.75) is 27.6 Å². The Labute approximate surface area is 125 Å². The zero-order chi connectivity index (χ0) is 13.3. The topological polar surface area (TPSA) is 42.6 Å². The summed E-state index contributed by atoms with van der Waals surface area (Å²) in [6.07, 6.45) is 3.12. The third kappa shape index (κ3) is 2.97. The van der Waals surface area contributed by atoms with Crippen LogP contribution in [0, 0.1) is 11.5 Å². The molecule has 0 aromatic carbocycles. The molecule has 0 radical (unpaired) electrons. The van der Waals surface area contributed by atoms with Crippen molar-refractivity contribution in [2.24, 2.45) is 5.10 Å². The largest absolute Gasteiger partial charge is 0.269 e. The Morgan fingerprint density at radius 3 is 2.35 bits per heavy atom. The summed E-state index contributed by atoms with van der Waals surface area (Å²) >= 11 is 29.4. The van der Waals surface area contributed by atoms with Crippen LogP contribution < -0.4 is 0 Å². The quantitative estimate of drug-likeness (QED) is 0.586. The monoisotopic (exact) mass is 336 g/mol. The average molecular weight is 338 g/mol. The average Bonchev–Trinajstić information content (AvgIpc) is 2.60. The van der Waals surface area contributed by atoms with Gasteiger partial charge in [-0.25, -0.2) is 4.90 Å². The summed E-state index contributed by atoms with van der Waals surface area (Å²) in [5.74, 6) is 0. The SMILES string of the molecule is CCCN1N=CN(C#N)C1C(Cl)(Cl)C(Cl)(Cl)Cl. The number of rotatable bonds is 3. The summed E-state index contributed by atoms with van der Waals surface area (Å²) in [6.45, 7) is 2.49. The summed E-state index contributed by atoms with van der Waals surface area (Å²) in [5.41, 5.74) is 0. The van der Waals surface area contributed by atoms with Crippen molar-refractivity contribution >= 4 is 64.3 Å². The smallest absolute Gasteiger partial charge is 0.227 e. The minimum atomic E-state index is -1.95. The third-order valence-electron chi connectivity index (χ3n) is 2.14. The number of nitrogens with zero attached hydrogens (tertiary/aromatic N) is 4. The van der Waals surface area contributed by atoms with E-state index in [9.17, 15) is 0 Å². The molecule has 17 heavy (non-hydrogen) atoms. The van der Waals surface area contributed by atoms with Crippen LogP contribution >= 0.6 is 58.0 Å². The third-order valence-corrected chi connectivity index (χ3v) is 4.57. The van der Waals surface area contributed by atoms with Crippen molar-refractivity contribution in [3.63, 3.8) is 0 Å². The van der Waals surface area contributed by atoms with Crippen molar-refractivity contribution in [1.29, 1.82) is 5.26 Å². The standard InChI is InChI=1S/C8H9Cl5N4/c1-2-3-17-6(16(4-14)5-15-17)7(9,10)8(11,12)13/h5-6H,2-3H2,1H3. The van der Waals surface area contributed by atoms with Crippen LogP contribution in [-0.4, -0.2) is 37.1 Å². The molecule has 1 rings (SSSR count). The number of hydrogen-bond acceptors (Lipinski definition) is 4. The van der Waals surface area contributed by atoms with E-state index in [1.807, 2.05) is 13.1 Å². The molecule has 0 spiro atoms. The van der Waals surface area contributed by atoms with Gasteiger partial charge in [-0.15, -0.1) is 0 Å². The number of halogens is 5. The Bertz CT molecular complexity index is 345. The molecular formula is C8H9Cl5N4.